The van der Waals surface area contributed by atoms with Crippen LogP contribution in [0, 0.1) is 46.3 Å². The van der Waals surface area contributed by atoms with E-state index in [2.05, 4.69) is 152 Å². The molecule has 4 fully saturated rings. The first-order valence-electron chi connectivity index (χ1n) is 22.5. The molecule has 4 bridgehead atoms. The van der Waals surface area contributed by atoms with Gasteiger partial charge in [-0.3, -0.25) is 0 Å². The van der Waals surface area contributed by atoms with Crippen LogP contribution in [0.15, 0.2) is 176 Å². The first kappa shape index (κ1) is 38.0. The van der Waals surface area contributed by atoms with E-state index in [1.54, 1.807) is 0 Å². The van der Waals surface area contributed by atoms with Gasteiger partial charge in [0, 0.05) is 27.7 Å². The molecule has 5 heteroatoms. The molecule has 1 aromatic heterocycles. The zero-order valence-electron chi connectivity index (χ0n) is 35.3. The van der Waals surface area contributed by atoms with Crippen LogP contribution in [0.25, 0.3) is 78.0 Å². The van der Waals surface area contributed by atoms with Crippen molar-refractivity contribution in [2.75, 3.05) is 0 Å². The molecule has 0 radical (unpaired) electrons. The number of aromatic nitrogens is 3. The summed E-state index contributed by atoms with van der Waals surface area (Å²) >= 11 is 0. The van der Waals surface area contributed by atoms with E-state index >= 15 is 0 Å². The highest BCUT2D eigenvalue weighted by molar-refractivity contribution is 6.13. The third-order valence-electron chi connectivity index (χ3n) is 14.9. The molecule has 9 aromatic rings. The maximum absolute atomic E-state index is 10.2. The zero-order valence-corrected chi connectivity index (χ0v) is 35.3. The number of nitriles is 2. The van der Waals surface area contributed by atoms with Crippen molar-refractivity contribution in [3.63, 3.8) is 0 Å². The smallest absolute Gasteiger partial charge is 0.164 e. The lowest BCUT2D eigenvalue weighted by Crippen LogP contribution is -2.56. The summed E-state index contributed by atoms with van der Waals surface area (Å²) in [6.45, 7) is 0. The van der Waals surface area contributed by atoms with Crippen LogP contribution in [0.5, 0.6) is 0 Å². The van der Waals surface area contributed by atoms with Crippen LogP contribution in [0.1, 0.15) is 54.4 Å². The number of benzene rings is 8. The van der Waals surface area contributed by atoms with Crippen LogP contribution < -0.4 is 0 Å². The van der Waals surface area contributed by atoms with E-state index in [0.717, 1.165) is 66.9 Å². The van der Waals surface area contributed by atoms with Crippen molar-refractivity contribution < 1.29 is 0 Å². The molecule has 0 unspecified atom stereocenters. The van der Waals surface area contributed by atoms with Crippen LogP contribution in [0.4, 0.5) is 0 Å². The SMILES string of the molecule is N#Cc1ccc(-c2nc(-c3ccc(C4(c5ccc(-c6cc(-c7ccccc7)ccc6C#N)cc5)C5CC6CC(C5)CC4C6)cc3)nc(-c3cc4ccccc4c4ccccc34)n2)cc1. The van der Waals surface area contributed by atoms with Crippen molar-refractivity contribution in [1.82, 2.24) is 15.0 Å². The van der Waals surface area contributed by atoms with Gasteiger partial charge in [-0.15, -0.1) is 0 Å². The Bertz CT molecular complexity index is 3310. The zero-order chi connectivity index (χ0) is 42.8. The topological polar surface area (TPSA) is 86.2 Å². The van der Waals surface area contributed by atoms with E-state index in [-0.39, 0.29) is 5.41 Å². The molecule has 0 aliphatic heterocycles. The Morgan fingerprint density at radius 2 is 0.938 bits per heavy atom. The lowest BCUT2D eigenvalue weighted by atomic mass is 9.42. The van der Waals surface area contributed by atoms with Gasteiger partial charge in [0.15, 0.2) is 17.5 Å². The minimum absolute atomic E-state index is 0.115. The Labute approximate surface area is 373 Å². The fourth-order valence-corrected chi connectivity index (χ4v) is 12.2. The molecule has 0 atom stereocenters. The van der Waals surface area contributed by atoms with Crippen molar-refractivity contribution >= 4 is 21.5 Å². The van der Waals surface area contributed by atoms with Crippen LogP contribution in [-0.4, -0.2) is 15.0 Å². The van der Waals surface area contributed by atoms with Crippen molar-refractivity contribution in [1.29, 1.82) is 10.5 Å². The molecule has 304 valence electrons. The van der Waals surface area contributed by atoms with Crippen molar-refractivity contribution in [3.8, 4) is 68.6 Å². The Morgan fingerprint density at radius 3 is 1.56 bits per heavy atom. The number of nitrogens with zero attached hydrogens (tertiary/aromatic N) is 5. The average molecular weight is 822 g/mol. The van der Waals surface area contributed by atoms with E-state index in [4.69, 9.17) is 15.0 Å². The molecule has 1 heterocycles. The van der Waals surface area contributed by atoms with Gasteiger partial charge in [-0.2, -0.15) is 10.5 Å². The highest BCUT2D eigenvalue weighted by Crippen LogP contribution is 2.65. The maximum atomic E-state index is 10.2. The Hall–Kier alpha value is -7.73. The molecule has 0 N–H and O–H groups in total. The first-order valence-corrected chi connectivity index (χ1v) is 22.5. The first-order chi connectivity index (χ1) is 31.5. The fourth-order valence-electron chi connectivity index (χ4n) is 12.2. The van der Waals surface area contributed by atoms with Crippen LogP contribution in [-0.2, 0) is 5.41 Å². The second-order valence-electron chi connectivity index (χ2n) is 18.3. The molecular formula is C59H43N5. The molecule has 13 rings (SSSR count). The molecule has 4 saturated carbocycles. The van der Waals surface area contributed by atoms with Gasteiger partial charge in [-0.05, 0) is 148 Å². The monoisotopic (exact) mass is 821 g/mol. The van der Waals surface area contributed by atoms with Gasteiger partial charge < -0.3 is 0 Å². The molecule has 4 aliphatic carbocycles. The average Bonchev–Trinajstić information content (AvgIpc) is 3.36. The van der Waals surface area contributed by atoms with Gasteiger partial charge in [-0.25, -0.2) is 15.0 Å². The Balaban J connectivity index is 0.973. The summed E-state index contributed by atoms with van der Waals surface area (Å²) in [6.07, 6.45) is 6.43. The summed E-state index contributed by atoms with van der Waals surface area (Å²) in [5.74, 6) is 4.53. The van der Waals surface area contributed by atoms with Crippen LogP contribution in [0.2, 0.25) is 0 Å². The Kier molecular flexibility index (Phi) is 9.06. The highest BCUT2D eigenvalue weighted by atomic mass is 15.0. The molecule has 0 saturated heterocycles. The van der Waals surface area contributed by atoms with E-state index in [1.807, 2.05) is 36.4 Å². The van der Waals surface area contributed by atoms with Crippen LogP contribution >= 0.6 is 0 Å². The molecule has 64 heavy (non-hydrogen) atoms. The normalized spacial score (nSPS) is 20.8. The number of hydrogen-bond donors (Lipinski definition) is 0. The minimum atomic E-state index is -0.115. The second-order valence-corrected chi connectivity index (χ2v) is 18.3. The number of hydrogen-bond acceptors (Lipinski definition) is 5. The van der Waals surface area contributed by atoms with Crippen molar-refractivity contribution in [2.24, 2.45) is 23.7 Å². The van der Waals surface area contributed by atoms with Crippen molar-refractivity contribution in [3.05, 3.63) is 198 Å². The minimum Gasteiger partial charge on any atom is -0.208 e. The van der Waals surface area contributed by atoms with Gasteiger partial charge in [0.2, 0.25) is 0 Å². The molecule has 8 aromatic carbocycles. The van der Waals surface area contributed by atoms with Gasteiger partial charge in [0.05, 0.1) is 23.3 Å². The van der Waals surface area contributed by atoms with Gasteiger partial charge in [0.1, 0.15) is 0 Å². The lowest BCUT2D eigenvalue weighted by molar-refractivity contribution is -0.0418. The number of fused-ring (bicyclic) bond motifs is 3. The third-order valence-corrected chi connectivity index (χ3v) is 14.9. The molecule has 0 amide bonds. The van der Waals surface area contributed by atoms with E-state index in [0.29, 0.717) is 40.4 Å². The van der Waals surface area contributed by atoms with Gasteiger partial charge in [-0.1, -0.05) is 133 Å². The van der Waals surface area contributed by atoms with Gasteiger partial charge in [0.25, 0.3) is 0 Å². The quantitative estimate of drug-likeness (QED) is 0.149. The molecular weight excluding hydrogens is 779 g/mol. The molecule has 4 aliphatic rings. The third kappa shape index (κ3) is 6.23. The predicted molar refractivity (Wildman–Crippen MR) is 256 cm³/mol. The summed E-state index contributed by atoms with van der Waals surface area (Å²) in [5.41, 5.74) is 10.9. The summed E-state index contributed by atoms with van der Waals surface area (Å²) < 4.78 is 0. The number of rotatable bonds is 7. The van der Waals surface area contributed by atoms with Crippen LogP contribution in [0.3, 0.4) is 0 Å². The van der Waals surface area contributed by atoms with E-state index in [9.17, 15) is 10.5 Å². The van der Waals surface area contributed by atoms with Gasteiger partial charge >= 0.3 is 0 Å². The summed E-state index contributed by atoms with van der Waals surface area (Å²) in [4.78, 5) is 15.5. The van der Waals surface area contributed by atoms with E-state index in [1.165, 1.54) is 48.6 Å². The van der Waals surface area contributed by atoms with E-state index < -0.39 is 0 Å². The largest absolute Gasteiger partial charge is 0.208 e. The van der Waals surface area contributed by atoms with Crippen molar-refractivity contribution in [2.45, 2.75) is 37.5 Å². The Morgan fingerprint density at radius 1 is 0.406 bits per heavy atom. The molecule has 5 nitrogen and oxygen atoms in total. The second kappa shape index (κ2) is 15.3. The summed E-state index contributed by atoms with van der Waals surface area (Å²) in [6, 6.07) is 66.4. The standard InChI is InChI=1S/C59H43N5/c60-35-37-14-16-42(17-15-37)56-62-57(64-58(63-56)55-34-45-10-4-5-11-51(45)52-12-6-7-13-53(52)55)43-22-26-48(27-23-43)59(49-29-38-28-39(31-49)32-50(59)30-38)47-24-20-41(21-25-47)54-33-44(18-19-46(54)36-61)40-8-2-1-3-9-40/h1-27,33-34,38-39,49-50H,28-32H2. The summed E-state index contributed by atoms with van der Waals surface area (Å²) in [7, 11) is 0. The maximum Gasteiger partial charge on any atom is 0.164 e. The lowest BCUT2D eigenvalue weighted by Gasteiger charge is -2.62. The molecule has 0 spiro atoms. The summed E-state index contributed by atoms with van der Waals surface area (Å²) in [5, 5.41) is 24.3. The fraction of sp³-hybridized carbons (Fsp3) is 0.169. The predicted octanol–water partition coefficient (Wildman–Crippen LogP) is 14.0. The highest BCUT2D eigenvalue weighted by Gasteiger charge is 2.58.